The van der Waals surface area contributed by atoms with Crippen LogP contribution in [0.2, 0.25) is 0 Å². The van der Waals surface area contributed by atoms with E-state index >= 15 is 0 Å². The second-order valence-electron chi connectivity index (χ2n) is 7.93. The number of pyridine rings is 1. The third kappa shape index (κ3) is 3.87. The second-order valence-corrected chi connectivity index (χ2v) is 7.93. The van der Waals surface area contributed by atoms with Crippen molar-refractivity contribution < 1.29 is 0 Å². The highest BCUT2D eigenvalue weighted by atomic mass is 16.1. The molecule has 6 heteroatoms. The minimum atomic E-state index is -0.0568. The summed E-state index contributed by atoms with van der Waals surface area (Å²) < 4.78 is 1.64. The molecule has 0 atom stereocenters. The largest absolute Gasteiger partial charge is 0.367 e. The quantitative estimate of drug-likeness (QED) is 0.499. The predicted molar refractivity (Wildman–Crippen MR) is 129 cm³/mol. The van der Waals surface area contributed by atoms with Crippen LogP contribution < -0.4 is 15.4 Å². The fraction of sp³-hybridized carbons (Fsp3) is 0.192. The number of benzene rings is 2. The van der Waals surface area contributed by atoms with Crippen LogP contribution in [0.15, 0.2) is 90.0 Å². The number of piperazine rings is 1. The van der Waals surface area contributed by atoms with Crippen molar-refractivity contribution in [3.8, 4) is 22.4 Å². The van der Waals surface area contributed by atoms with Crippen LogP contribution in [0.1, 0.15) is 0 Å². The number of hydrogen-bond acceptors (Lipinski definition) is 5. The summed E-state index contributed by atoms with van der Waals surface area (Å²) in [5.41, 5.74) is 5.23. The van der Waals surface area contributed by atoms with E-state index in [-0.39, 0.29) is 5.56 Å². The van der Waals surface area contributed by atoms with Gasteiger partial charge in [0.2, 0.25) is 5.95 Å². The van der Waals surface area contributed by atoms with Crippen molar-refractivity contribution in [3.63, 3.8) is 0 Å². The van der Waals surface area contributed by atoms with Crippen molar-refractivity contribution in [2.24, 2.45) is 7.05 Å². The van der Waals surface area contributed by atoms with Crippen molar-refractivity contribution in [2.45, 2.75) is 0 Å². The third-order valence-corrected chi connectivity index (χ3v) is 5.98. The summed E-state index contributed by atoms with van der Waals surface area (Å²) in [4.78, 5) is 26.2. The first-order valence-electron chi connectivity index (χ1n) is 10.8. The molecule has 1 aliphatic rings. The first-order valence-corrected chi connectivity index (χ1v) is 10.8. The molecule has 0 saturated carbocycles. The monoisotopic (exact) mass is 423 g/mol. The molecule has 32 heavy (non-hydrogen) atoms. The number of nitrogens with zero attached hydrogens (tertiary/aromatic N) is 5. The molecule has 2 aromatic carbocycles. The number of para-hydroxylation sites is 1. The van der Waals surface area contributed by atoms with Crippen LogP contribution in [0.5, 0.6) is 0 Å². The SMILES string of the molecule is Cn1c(N2CCN(c3ccccc3-c3ccccc3)CC2)nc(-c2ccncc2)cc1=O. The molecular weight excluding hydrogens is 398 g/mol. The number of hydrogen-bond donors (Lipinski definition) is 0. The Bertz CT molecular complexity index is 1260. The van der Waals surface area contributed by atoms with Crippen LogP contribution in [0.4, 0.5) is 11.6 Å². The molecule has 4 aromatic rings. The minimum Gasteiger partial charge on any atom is -0.367 e. The highest BCUT2D eigenvalue weighted by molar-refractivity contribution is 5.78. The van der Waals surface area contributed by atoms with Gasteiger partial charge in [-0.3, -0.25) is 14.3 Å². The van der Waals surface area contributed by atoms with E-state index in [2.05, 4.69) is 63.3 Å². The van der Waals surface area contributed by atoms with E-state index in [4.69, 9.17) is 4.98 Å². The Morgan fingerprint density at radius 2 is 1.41 bits per heavy atom. The van der Waals surface area contributed by atoms with Crippen molar-refractivity contribution in [1.82, 2.24) is 14.5 Å². The molecule has 1 saturated heterocycles. The van der Waals surface area contributed by atoms with Gasteiger partial charge >= 0.3 is 0 Å². The van der Waals surface area contributed by atoms with E-state index in [0.717, 1.165) is 31.7 Å². The van der Waals surface area contributed by atoms with Gasteiger partial charge < -0.3 is 9.80 Å². The molecule has 6 nitrogen and oxygen atoms in total. The summed E-state index contributed by atoms with van der Waals surface area (Å²) in [6.45, 7) is 3.31. The predicted octanol–water partition coefficient (Wildman–Crippen LogP) is 3.84. The van der Waals surface area contributed by atoms with E-state index in [1.54, 1.807) is 30.1 Å². The molecule has 0 bridgehead atoms. The Hall–Kier alpha value is -3.93. The lowest BCUT2D eigenvalue weighted by Gasteiger charge is -2.38. The summed E-state index contributed by atoms with van der Waals surface area (Å²) >= 11 is 0. The van der Waals surface area contributed by atoms with Gasteiger partial charge in [0, 0.05) is 68.5 Å². The Morgan fingerprint density at radius 3 is 2.16 bits per heavy atom. The topological polar surface area (TPSA) is 54.3 Å². The maximum Gasteiger partial charge on any atom is 0.255 e. The summed E-state index contributed by atoms with van der Waals surface area (Å²) in [6.07, 6.45) is 3.44. The van der Waals surface area contributed by atoms with Crippen LogP contribution in [0.25, 0.3) is 22.4 Å². The standard InChI is InChI=1S/C26H25N5O/c1-29-25(32)19-23(21-11-13-27-14-12-21)28-26(29)31-17-15-30(16-18-31)24-10-6-5-9-22(24)20-7-3-2-4-8-20/h2-14,19H,15-18H2,1H3. The van der Waals surface area contributed by atoms with Crippen LogP contribution >= 0.6 is 0 Å². The second kappa shape index (κ2) is 8.67. The van der Waals surface area contributed by atoms with Gasteiger partial charge in [-0.2, -0.15) is 0 Å². The average molecular weight is 424 g/mol. The van der Waals surface area contributed by atoms with Gasteiger partial charge in [0.05, 0.1) is 5.69 Å². The average Bonchev–Trinajstić information content (AvgIpc) is 2.87. The highest BCUT2D eigenvalue weighted by Gasteiger charge is 2.22. The molecule has 1 aliphatic heterocycles. The summed E-state index contributed by atoms with van der Waals surface area (Å²) in [6, 6.07) is 24.4. The van der Waals surface area contributed by atoms with Crippen molar-refractivity contribution in [1.29, 1.82) is 0 Å². The van der Waals surface area contributed by atoms with Gasteiger partial charge in [-0.05, 0) is 23.8 Å². The molecule has 160 valence electrons. The van der Waals surface area contributed by atoms with E-state index in [9.17, 15) is 4.79 Å². The van der Waals surface area contributed by atoms with Gasteiger partial charge in [0.1, 0.15) is 0 Å². The van der Waals surface area contributed by atoms with E-state index in [1.807, 2.05) is 18.2 Å². The Balaban J connectivity index is 1.40. The molecule has 0 spiro atoms. The molecule has 2 aromatic heterocycles. The Morgan fingerprint density at radius 1 is 0.750 bits per heavy atom. The molecule has 3 heterocycles. The Labute approximate surface area is 187 Å². The smallest absolute Gasteiger partial charge is 0.255 e. The zero-order valence-electron chi connectivity index (χ0n) is 18.1. The van der Waals surface area contributed by atoms with Crippen molar-refractivity contribution in [3.05, 3.63) is 95.5 Å². The first kappa shape index (κ1) is 20.0. The van der Waals surface area contributed by atoms with Gasteiger partial charge in [-0.25, -0.2) is 4.98 Å². The Kier molecular flexibility index (Phi) is 5.42. The van der Waals surface area contributed by atoms with Gasteiger partial charge in [-0.1, -0.05) is 48.5 Å². The molecule has 0 N–H and O–H groups in total. The lowest BCUT2D eigenvalue weighted by Crippen LogP contribution is -2.48. The molecular formula is C26H25N5O. The van der Waals surface area contributed by atoms with Crippen LogP contribution in [-0.4, -0.2) is 40.7 Å². The third-order valence-electron chi connectivity index (χ3n) is 5.98. The van der Waals surface area contributed by atoms with Crippen LogP contribution in [0, 0.1) is 0 Å². The highest BCUT2D eigenvalue weighted by Crippen LogP contribution is 2.31. The van der Waals surface area contributed by atoms with Gasteiger partial charge in [0.15, 0.2) is 0 Å². The maximum atomic E-state index is 12.6. The zero-order chi connectivity index (χ0) is 21.9. The molecule has 0 amide bonds. The van der Waals surface area contributed by atoms with Gasteiger partial charge in [0.25, 0.3) is 5.56 Å². The minimum absolute atomic E-state index is 0.0568. The van der Waals surface area contributed by atoms with Crippen molar-refractivity contribution >= 4 is 11.6 Å². The lowest BCUT2D eigenvalue weighted by molar-refractivity contribution is 0.621. The van der Waals surface area contributed by atoms with Crippen molar-refractivity contribution in [2.75, 3.05) is 36.0 Å². The fourth-order valence-corrected chi connectivity index (χ4v) is 4.24. The first-order chi connectivity index (χ1) is 15.7. The van der Waals surface area contributed by atoms with Crippen LogP contribution in [0.3, 0.4) is 0 Å². The number of rotatable bonds is 4. The van der Waals surface area contributed by atoms with E-state index in [0.29, 0.717) is 11.6 Å². The van der Waals surface area contributed by atoms with E-state index < -0.39 is 0 Å². The van der Waals surface area contributed by atoms with E-state index in [1.165, 1.54) is 16.8 Å². The van der Waals surface area contributed by atoms with Gasteiger partial charge in [-0.15, -0.1) is 0 Å². The number of aromatic nitrogens is 3. The lowest BCUT2D eigenvalue weighted by atomic mass is 10.0. The zero-order valence-corrected chi connectivity index (χ0v) is 18.1. The molecule has 0 radical (unpaired) electrons. The van der Waals surface area contributed by atoms with Crippen LogP contribution in [-0.2, 0) is 7.05 Å². The summed E-state index contributed by atoms with van der Waals surface area (Å²) in [7, 11) is 1.79. The molecule has 5 rings (SSSR count). The summed E-state index contributed by atoms with van der Waals surface area (Å²) in [5, 5.41) is 0. The maximum absolute atomic E-state index is 12.6. The normalized spacial score (nSPS) is 13.9. The number of anilines is 2. The fourth-order valence-electron chi connectivity index (χ4n) is 4.24. The molecule has 0 unspecified atom stereocenters. The molecule has 0 aliphatic carbocycles. The summed E-state index contributed by atoms with van der Waals surface area (Å²) in [5.74, 6) is 0.709. The molecule has 1 fully saturated rings.